The summed E-state index contributed by atoms with van der Waals surface area (Å²) < 4.78 is 5.26. The van der Waals surface area contributed by atoms with E-state index in [0.717, 1.165) is 44.9 Å². The van der Waals surface area contributed by atoms with E-state index < -0.39 is 43.2 Å². The molecule has 5 atom stereocenters. The molecule has 182 valence electrons. The predicted octanol–water partition coefficient (Wildman–Crippen LogP) is 1.45. The Kier molecular flexibility index (Phi) is 14.7. The molecule has 1 fully saturated rings. The van der Waals surface area contributed by atoms with Crippen molar-refractivity contribution in [3.05, 3.63) is 0 Å². The number of carbonyl (C=O) groups excluding carboxylic acids is 1. The second-order valence-corrected chi connectivity index (χ2v) is 8.45. The molecule has 1 amide bonds. The average molecular weight is 448 g/mol. The Morgan fingerprint density at radius 3 is 1.58 bits per heavy atom. The molecule has 0 aromatic rings. The summed E-state index contributed by atoms with van der Waals surface area (Å²) in [6, 6.07) is 0. The zero-order chi connectivity index (χ0) is 23.1. The topological polar surface area (TPSA) is 157 Å². The number of hydrogen-bond donors (Lipinski definition) is 6. The molecule has 0 aromatic heterocycles. The molecule has 1 rings (SSSR count). The van der Waals surface area contributed by atoms with Crippen LogP contribution in [0, 0.1) is 0 Å². The average Bonchev–Trinajstić information content (AvgIpc) is 2.74. The molecule has 0 aromatic carbocycles. The predicted molar refractivity (Wildman–Crippen MR) is 114 cm³/mol. The van der Waals surface area contributed by atoms with Gasteiger partial charge in [0.15, 0.2) is 6.23 Å². The van der Waals surface area contributed by atoms with E-state index in [1.54, 1.807) is 0 Å². The molecule has 0 unspecified atom stereocenters. The van der Waals surface area contributed by atoms with Crippen molar-refractivity contribution in [1.82, 2.24) is 5.32 Å². The molecule has 0 saturated carbocycles. The van der Waals surface area contributed by atoms with Gasteiger partial charge in [0, 0.05) is 12.8 Å². The lowest BCUT2D eigenvalue weighted by Gasteiger charge is -2.40. The highest BCUT2D eigenvalue weighted by molar-refractivity contribution is 5.76. The van der Waals surface area contributed by atoms with Crippen LogP contribution in [0.2, 0.25) is 0 Å². The highest BCUT2D eigenvalue weighted by Gasteiger charge is 2.43. The number of unbranched alkanes of at least 4 members (excludes halogenated alkanes) is 11. The van der Waals surface area contributed by atoms with Gasteiger partial charge in [0.25, 0.3) is 0 Å². The first-order chi connectivity index (χ1) is 14.9. The van der Waals surface area contributed by atoms with Crippen molar-refractivity contribution in [3.8, 4) is 0 Å². The van der Waals surface area contributed by atoms with E-state index >= 15 is 0 Å². The normalized spacial score (nSPS) is 26.0. The Balaban J connectivity index is 1.96. The Labute approximate surface area is 184 Å². The van der Waals surface area contributed by atoms with E-state index in [9.17, 15) is 24.9 Å². The second kappa shape index (κ2) is 16.4. The standard InChI is InChI=1S/C22H41NO8/c24-15-16-19(28)20(29)21(30)22(31-16)23-17(25)13-11-9-7-5-3-1-2-4-6-8-10-12-14-18(26)27/h16,19-22,24,28-30H,1-15H2,(H,23,25)(H,26,27)/t16-,19-,20+,21-,22-/m1/s1. The van der Waals surface area contributed by atoms with Crippen LogP contribution >= 0.6 is 0 Å². The Hall–Kier alpha value is -1.26. The Bertz CT molecular complexity index is 502. The SMILES string of the molecule is O=C(O)CCCCCCCCCCCCCCC(=O)N[C@@H]1O[C@H](CO)[C@@H](O)[C@H](O)[C@H]1O. The summed E-state index contributed by atoms with van der Waals surface area (Å²) in [4.78, 5) is 22.4. The van der Waals surface area contributed by atoms with Gasteiger partial charge in [-0.1, -0.05) is 64.2 Å². The third-order valence-corrected chi connectivity index (χ3v) is 5.74. The molecule has 1 saturated heterocycles. The van der Waals surface area contributed by atoms with E-state index in [-0.39, 0.29) is 18.7 Å². The summed E-state index contributed by atoms with van der Waals surface area (Å²) in [5.74, 6) is -1.01. The lowest BCUT2D eigenvalue weighted by molar-refractivity contribution is -0.236. The van der Waals surface area contributed by atoms with Crippen LogP contribution in [0.5, 0.6) is 0 Å². The molecular weight excluding hydrogens is 406 g/mol. The molecular formula is C22H41NO8. The fourth-order valence-corrected chi connectivity index (χ4v) is 3.78. The first kappa shape index (κ1) is 27.8. The quantitative estimate of drug-likeness (QED) is 0.183. The van der Waals surface area contributed by atoms with Crippen LogP contribution < -0.4 is 5.32 Å². The minimum absolute atomic E-state index is 0.273. The number of carbonyl (C=O) groups is 2. The summed E-state index contributed by atoms with van der Waals surface area (Å²) in [6.45, 7) is -0.524. The fourth-order valence-electron chi connectivity index (χ4n) is 3.78. The summed E-state index contributed by atoms with van der Waals surface area (Å²) in [6.07, 6.45) is 6.69. The molecule has 1 aliphatic heterocycles. The second-order valence-electron chi connectivity index (χ2n) is 8.45. The van der Waals surface area contributed by atoms with Crippen LogP contribution in [0.15, 0.2) is 0 Å². The number of rotatable bonds is 17. The van der Waals surface area contributed by atoms with Crippen LogP contribution in [0.25, 0.3) is 0 Å². The molecule has 0 spiro atoms. The van der Waals surface area contributed by atoms with Crippen LogP contribution in [0.1, 0.15) is 89.9 Å². The van der Waals surface area contributed by atoms with Crippen molar-refractivity contribution < 1.29 is 39.9 Å². The van der Waals surface area contributed by atoms with Crippen molar-refractivity contribution >= 4 is 11.9 Å². The van der Waals surface area contributed by atoms with Gasteiger partial charge in [-0.3, -0.25) is 9.59 Å². The maximum atomic E-state index is 12.0. The lowest BCUT2D eigenvalue weighted by atomic mass is 9.98. The molecule has 6 N–H and O–H groups in total. The molecule has 1 aliphatic rings. The van der Waals surface area contributed by atoms with Gasteiger partial charge in [0.2, 0.25) is 5.91 Å². The van der Waals surface area contributed by atoms with Gasteiger partial charge in [0.05, 0.1) is 6.61 Å². The van der Waals surface area contributed by atoms with Crippen molar-refractivity contribution in [1.29, 1.82) is 0 Å². The lowest BCUT2D eigenvalue weighted by Crippen LogP contribution is -2.63. The van der Waals surface area contributed by atoms with E-state index in [1.165, 1.54) is 32.1 Å². The zero-order valence-corrected chi connectivity index (χ0v) is 18.5. The van der Waals surface area contributed by atoms with Crippen LogP contribution in [-0.2, 0) is 14.3 Å². The maximum absolute atomic E-state index is 12.0. The highest BCUT2D eigenvalue weighted by atomic mass is 16.6. The number of ether oxygens (including phenoxy) is 1. The number of nitrogens with one attached hydrogen (secondary N) is 1. The summed E-state index contributed by atoms with van der Waals surface area (Å²) in [5.41, 5.74) is 0. The fraction of sp³-hybridized carbons (Fsp3) is 0.909. The number of hydrogen-bond acceptors (Lipinski definition) is 7. The van der Waals surface area contributed by atoms with Crippen molar-refractivity contribution in [2.24, 2.45) is 0 Å². The minimum Gasteiger partial charge on any atom is -0.481 e. The Morgan fingerprint density at radius 1 is 0.677 bits per heavy atom. The monoisotopic (exact) mass is 447 g/mol. The zero-order valence-electron chi connectivity index (χ0n) is 18.5. The maximum Gasteiger partial charge on any atom is 0.303 e. The number of aliphatic carboxylic acids is 1. The highest BCUT2D eigenvalue weighted by Crippen LogP contribution is 2.20. The van der Waals surface area contributed by atoms with Gasteiger partial charge in [-0.05, 0) is 12.8 Å². The molecule has 9 heteroatoms. The number of carboxylic acids is 1. The van der Waals surface area contributed by atoms with Gasteiger partial charge in [-0.15, -0.1) is 0 Å². The van der Waals surface area contributed by atoms with Gasteiger partial charge in [0.1, 0.15) is 24.4 Å². The molecule has 0 bridgehead atoms. The molecule has 0 radical (unpaired) electrons. The Morgan fingerprint density at radius 2 is 1.13 bits per heavy atom. The number of aliphatic hydroxyl groups excluding tert-OH is 4. The van der Waals surface area contributed by atoms with Crippen molar-refractivity contribution in [2.75, 3.05) is 6.61 Å². The molecule has 31 heavy (non-hydrogen) atoms. The third kappa shape index (κ3) is 11.8. The van der Waals surface area contributed by atoms with Crippen molar-refractivity contribution in [2.45, 2.75) is 121 Å². The van der Waals surface area contributed by atoms with Crippen LogP contribution in [0.4, 0.5) is 0 Å². The summed E-state index contributed by atoms with van der Waals surface area (Å²) in [5, 5.41) is 49.6. The van der Waals surface area contributed by atoms with E-state index in [2.05, 4.69) is 5.32 Å². The van der Waals surface area contributed by atoms with E-state index in [1.807, 2.05) is 0 Å². The van der Waals surface area contributed by atoms with Gasteiger partial charge in [-0.2, -0.15) is 0 Å². The van der Waals surface area contributed by atoms with Crippen molar-refractivity contribution in [3.63, 3.8) is 0 Å². The number of aliphatic hydroxyl groups is 4. The first-order valence-electron chi connectivity index (χ1n) is 11.7. The number of amides is 1. The molecule has 0 aliphatic carbocycles. The smallest absolute Gasteiger partial charge is 0.303 e. The van der Waals surface area contributed by atoms with E-state index in [0.29, 0.717) is 0 Å². The third-order valence-electron chi connectivity index (χ3n) is 5.74. The first-order valence-corrected chi connectivity index (χ1v) is 11.7. The van der Waals surface area contributed by atoms with Gasteiger partial charge in [-0.25, -0.2) is 0 Å². The van der Waals surface area contributed by atoms with Crippen LogP contribution in [0.3, 0.4) is 0 Å². The van der Waals surface area contributed by atoms with E-state index in [4.69, 9.17) is 14.9 Å². The molecule has 9 nitrogen and oxygen atoms in total. The molecule has 1 heterocycles. The van der Waals surface area contributed by atoms with Gasteiger partial charge < -0.3 is 35.6 Å². The van der Waals surface area contributed by atoms with Crippen LogP contribution in [-0.4, -0.2) is 74.7 Å². The van der Waals surface area contributed by atoms with Gasteiger partial charge >= 0.3 is 5.97 Å². The largest absolute Gasteiger partial charge is 0.481 e. The summed E-state index contributed by atoms with van der Waals surface area (Å²) >= 11 is 0. The minimum atomic E-state index is -1.49. The number of carboxylic acid groups (broad SMARTS) is 1. The summed E-state index contributed by atoms with van der Waals surface area (Å²) in [7, 11) is 0.